The largest absolute Gasteiger partial charge is 0.478 e. The Morgan fingerprint density at radius 3 is 2.45 bits per heavy atom. The van der Waals surface area contributed by atoms with Gasteiger partial charge in [-0.2, -0.15) is 0 Å². The number of amides is 1. The van der Waals surface area contributed by atoms with Crippen molar-refractivity contribution in [2.75, 3.05) is 18.1 Å². The van der Waals surface area contributed by atoms with E-state index in [1.807, 2.05) is 6.92 Å². The zero-order chi connectivity index (χ0) is 28.5. The minimum atomic E-state index is -3.97. The second-order valence-electron chi connectivity index (χ2n) is 9.31. The number of ether oxygens (including phenoxy) is 2. The van der Waals surface area contributed by atoms with Crippen LogP contribution in [0.25, 0.3) is 11.6 Å². The Hall–Kier alpha value is -3.27. The Balaban J connectivity index is 2.20. The van der Waals surface area contributed by atoms with Crippen molar-refractivity contribution in [1.82, 2.24) is 9.65 Å². The van der Waals surface area contributed by atoms with E-state index >= 15 is 0 Å². The summed E-state index contributed by atoms with van der Waals surface area (Å²) in [7, 11) is -2.66. The average Bonchev–Trinajstić information content (AvgIpc) is 3.22. The van der Waals surface area contributed by atoms with Crippen molar-refractivity contribution < 1.29 is 37.9 Å². The maximum absolute atomic E-state index is 14.4. The zero-order valence-electron chi connectivity index (χ0n) is 22.5. The number of carbonyl (C=O) groups is 3. The number of aromatic nitrogens is 1. The second kappa shape index (κ2) is 11.2. The van der Waals surface area contributed by atoms with E-state index in [2.05, 4.69) is 5.09 Å². The van der Waals surface area contributed by atoms with Gasteiger partial charge in [0.05, 0.1) is 22.9 Å². The third-order valence-electron chi connectivity index (χ3n) is 6.26. The SMILES string of the molecule is CCn1c(C)c(C(=O)O)c(C)c1/C=C1\C(=O)N(P(=O)(COC)N[C@@H](C)C(=O)OC(C)C)c2ccc(F)cc21. The minimum absolute atomic E-state index is 0.0299. The van der Waals surface area contributed by atoms with Crippen LogP contribution in [-0.2, 0) is 30.2 Å². The molecule has 12 heteroatoms. The van der Waals surface area contributed by atoms with Crippen molar-refractivity contribution in [1.29, 1.82) is 0 Å². The number of hydrogen-bond donors (Lipinski definition) is 2. The molecule has 0 bridgehead atoms. The van der Waals surface area contributed by atoms with Crippen LogP contribution >= 0.6 is 7.44 Å². The number of esters is 1. The number of aromatic carboxylic acids is 1. The number of methoxy groups -OCH3 is 1. The van der Waals surface area contributed by atoms with Gasteiger partial charge in [-0.15, -0.1) is 0 Å². The standard InChI is InChI=1S/C26H33FN3O7P/c1-8-29-17(6)23(25(32)33)15(4)22(29)12-20-19-11-18(27)9-10-21(19)30(24(20)31)38(35,13-36-7)28-16(5)26(34)37-14(2)3/h9-12,14,16H,8,13H2,1-7H3,(H,28,35)(H,32,33)/b20-12-/t16-,38?/m0/s1. The highest BCUT2D eigenvalue weighted by Crippen LogP contribution is 2.55. The smallest absolute Gasteiger partial charge is 0.337 e. The highest BCUT2D eigenvalue weighted by atomic mass is 31.2. The molecule has 2 heterocycles. The predicted molar refractivity (Wildman–Crippen MR) is 142 cm³/mol. The van der Waals surface area contributed by atoms with E-state index in [1.165, 1.54) is 26.2 Å². The van der Waals surface area contributed by atoms with Gasteiger partial charge >= 0.3 is 11.9 Å². The predicted octanol–water partition coefficient (Wildman–Crippen LogP) is 4.58. The molecule has 0 fully saturated rings. The van der Waals surface area contributed by atoms with Crippen LogP contribution in [-0.4, -0.2) is 53.1 Å². The number of rotatable bonds is 10. The molecule has 1 aromatic carbocycles. The van der Waals surface area contributed by atoms with Crippen molar-refractivity contribution in [2.24, 2.45) is 0 Å². The Morgan fingerprint density at radius 1 is 1.24 bits per heavy atom. The van der Waals surface area contributed by atoms with Crippen LogP contribution in [0.5, 0.6) is 0 Å². The van der Waals surface area contributed by atoms with Crippen molar-refractivity contribution in [2.45, 2.75) is 60.2 Å². The fourth-order valence-corrected chi connectivity index (χ4v) is 6.98. The molecule has 0 aliphatic carbocycles. The highest BCUT2D eigenvalue weighted by molar-refractivity contribution is 7.64. The lowest BCUT2D eigenvalue weighted by molar-refractivity contribution is -0.149. The highest BCUT2D eigenvalue weighted by Gasteiger charge is 2.45. The number of anilines is 1. The number of hydrogen-bond acceptors (Lipinski definition) is 6. The van der Waals surface area contributed by atoms with Gasteiger partial charge in [0.2, 0.25) is 0 Å². The number of nitrogens with one attached hydrogen (secondary N) is 1. The topological polar surface area (TPSA) is 127 Å². The Kier molecular flexibility index (Phi) is 8.65. The van der Waals surface area contributed by atoms with Gasteiger partial charge in [-0.3, -0.25) is 14.2 Å². The van der Waals surface area contributed by atoms with Gasteiger partial charge in [0.1, 0.15) is 18.2 Å². The summed E-state index contributed by atoms with van der Waals surface area (Å²) >= 11 is 0. The van der Waals surface area contributed by atoms with Crippen molar-refractivity contribution in [3.8, 4) is 0 Å². The number of nitrogens with zero attached hydrogens (tertiary/aromatic N) is 2. The zero-order valence-corrected chi connectivity index (χ0v) is 23.4. The number of fused-ring (bicyclic) bond motifs is 1. The van der Waals surface area contributed by atoms with Crippen LogP contribution in [0.2, 0.25) is 0 Å². The molecule has 1 amide bonds. The second-order valence-corrected chi connectivity index (χ2v) is 11.6. The van der Waals surface area contributed by atoms with E-state index in [0.29, 0.717) is 23.5 Å². The molecule has 10 nitrogen and oxygen atoms in total. The quantitative estimate of drug-likeness (QED) is 0.251. The Morgan fingerprint density at radius 2 is 1.89 bits per heavy atom. The fourth-order valence-electron chi connectivity index (χ4n) is 4.69. The molecule has 1 aliphatic heterocycles. The number of carboxylic acids is 1. The normalized spacial score (nSPS) is 16.6. The first-order valence-corrected chi connectivity index (χ1v) is 14.0. The summed E-state index contributed by atoms with van der Waals surface area (Å²) < 4.78 is 41.8. The molecule has 1 aromatic heterocycles. The molecule has 2 N–H and O–H groups in total. The van der Waals surface area contributed by atoms with E-state index in [-0.39, 0.29) is 22.4 Å². The Labute approximate surface area is 220 Å². The lowest BCUT2D eigenvalue weighted by atomic mass is 10.0. The third kappa shape index (κ3) is 5.32. The van der Waals surface area contributed by atoms with E-state index in [0.717, 1.165) is 16.8 Å². The van der Waals surface area contributed by atoms with Crippen LogP contribution in [0.1, 0.15) is 60.6 Å². The van der Waals surface area contributed by atoms with Crippen molar-refractivity contribution >= 4 is 42.6 Å². The molecule has 206 valence electrons. The van der Waals surface area contributed by atoms with Crippen LogP contribution in [0.15, 0.2) is 18.2 Å². The van der Waals surface area contributed by atoms with Crippen LogP contribution < -0.4 is 9.76 Å². The first-order valence-electron chi connectivity index (χ1n) is 12.1. The number of halogens is 1. The van der Waals surface area contributed by atoms with Gasteiger partial charge in [-0.05, 0) is 71.4 Å². The van der Waals surface area contributed by atoms with E-state index in [9.17, 15) is 28.4 Å². The lowest BCUT2D eigenvalue weighted by Crippen LogP contribution is -2.41. The molecule has 0 spiro atoms. The molecule has 1 aliphatic rings. The molecule has 38 heavy (non-hydrogen) atoms. The number of carbonyl (C=O) groups excluding carboxylic acids is 2. The summed E-state index contributed by atoms with van der Waals surface area (Å²) in [5.41, 5.74) is 1.91. The molecular formula is C26H33FN3O7P. The summed E-state index contributed by atoms with van der Waals surface area (Å²) in [5.74, 6) is -3.08. The monoisotopic (exact) mass is 549 g/mol. The number of benzene rings is 1. The molecule has 2 aromatic rings. The molecule has 0 saturated carbocycles. The number of carboxylic acid groups (broad SMARTS) is 1. The molecule has 1 unspecified atom stereocenters. The van der Waals surface area contributed by atoms with E-state index in [1.54, 1.807) is 32.3 Å². The summed E-state index contributed by atoms with van der Waals surface area (Å²) in [6.45, 7) is 10.4. The van der Waals surface area contributed by atoms with Gasteiger partial charge in [-0.1, -0.05) is 0 Å². The van der Waals surface area contributed by atoms with Gasteiger partial charge in [0.15, 0.2) is 0 Å². The van der Waals surface area contributed by atoms with Gasteiger partial charge < -0.3 is 19.1 Å². The molecule has 2 atom stereocenters. The van der Waals surface area contributed by atoms with E-state index < -0.39 is 49.6 Å². The lowest BCUT2D eigenvalue weighted by Gasteiger charge is -2.30. The maximum Gasteiger partial charge on any atom is 0.337 e. The average molecular weight is 550 g/mol. The van der Waals surface area contributed by atoms with Crippen molar-refractivity contribution in [3.05, 3.63) is 52.1 Å². The van der Waals surface area contributed by atoms with Gasteiger partial charge in [0, 0.05) is 30.6 Å². The first kappa shape index (κ1) is 29.3. The van der Waals surface area contributed by atoms with Gasteiger partial charge in [-0.25, -0.2) is 18.9 Å². The summed E-state index contributed by atoms with van der Waals surface area (Å²) in [4.78, 5) is 38.2. The fraction of sp³-hybridized carbons (Fsp3) is 0.423. The van der Waals surface area contributed by atoms with Crippen molar-refractivity contribution in [3.63, 3.8) is 0 Å². The molecule has 0 radical (unpaired) electrons. The summed E-state index contributed by atoms with van der Waals surface area (Å²) in [5, 5.41) is 12.5. The maximum atomic E-state index is 14.4. The Bertz CT molecular complexity index is 1370. The summed E-state index contributed by atoms with van der Waals surface area (Å²) in [6.07, 6.45) is 0.652. The van der Waals surface area contributed by atoms with Crippen LogP contribution in [0.4, 0.5) is 10.1 Å². The first-order chi connectivity index (χ1) is 17.8. The third-order valence-corrected chi connectivity index (χ3v) is 8.70. The minimum Gasteiger partial charge on any atom is -0.478 e. The van der Waals surface area contributed by atoms with Crippen LogP contribution in [0, 0.1) is 19.7 Å². The van der Waals surface area contributed by atoms with E-state index in [4.69, 9.17) is 9.47 Å². The van der Waals surface area contributed by atoms with Crippen LogP contribution in [0.3, 0.4) is 0 Å². The molecular weight excluding hydrogens is 516 g/mol. The van der Waals surface area contributed by atoms with Gasteiger partial charge in [0.25, 0.3) is 13.4 Å². The molecule has 0 saturated heterocycles. The summed E-state index contributed by atoms with van der Waals surface area (Å²) in [6, 6.07) is 2.59. The molecule has 3 rings (SSSR count).